The third-order valence-corrected chi connectivity index (χ3v) is 3.23. The average Bonchev–Trinajstić information content (AvgIpc) is 2.32. The van der Waals surface area contributed by atoms with E-state index in [4.69, 9.17) is 10.5 Å². The summed E-state index contributed by atoms with van der Waals surface area (Å²) >= 11 is 0. The van der Waals surface area contributed by atoms with Crippen molar-refractivity contribution in [1.82, 2.24) is 5.32 Å². The van der Waals surface area contributed by atoms with Gasteiger partial charge in [0, 0.05) is 19.3 Å². The van der Waals surface area contributed by atoms with Gasteiger partial charge in [-0.3, -0.25) is 4.79 Å². The lowest BCUT2D eigenvalue weighted by Gasteiger charge is -2.06. The first-order valence-electron chi connectivity index (χ1n) is 5.75. The molecule has 0 radical (unpaired) electrons. The van der Waals surface area contributed by atoms with E-state index in [2.05, 4.69) is 5.32 Å². The van der Waals surface area contributed by atoms with E-state index in [0.717, 1.165) is 5.56 Å². The summed E-state index contributed by atoms with van der Waals surface area (Å²) in [6, 6.07) is 7.14. The smallest absolute Gasteiger partial charge is 0.255 e. The van der Waals surface area contributed by atoms with Crippen molar-refractivity contribution in [1.29, 1.82) is 0 Å². The molecule has 0 saturated carbocycles. The van der Waals surface area contributed by atoms with Crippen molar-refractivity contribution in [3.05, 3.63) is 29.8 Å². The molecule has 0 aliphatic heterocycles. The number of rotatable bonds is 8. The summed E-state index contributed by atoms with van der Waals surface area (Å²) in [6.07, 6.45) is 1.21. The van der Waals surface area contributed by atoms with Gasteiger partial charge in [-0.1, -0.05) is 12.1 Å². The van der Waals surface area contributed by atoms with Crippen molar-refractivity contribution in [2.45, 2.75) is 6.54 Å². The van der Waals surface area contributed by atoms with Crippen LogP contribution in [0.5, 0.6) is 5.75 Å². The van der Waals surface area contributed by atoms with Crippen LogP contribution in [0.25, 0.3) is 0 Å². The third-order valence-electron chi connectivity index (χ3n) is 2.28. The van der Waals surface area contributed by atoms with Crippen LogP contribution in [0.2, 0.25) is 0 Å². The van der Waals surface area contributed by atoms with Gasteiger partial charge >= 0.3 is 0 Å². The minimum Gasteiger partial charge on any atom is -0.484 e. The lowest BCUT2D eigenvalue weighted by molar-refractivity contribution is -0.119. The molecule has 1 amide bonds. The molecule has 0 unspecified atom stereocenters. The molecule has 1 aromatic carbocycles. The molecule has 0 aliphatic carbocycles. The van der Waals surface area contributed by atoms with E-state index in [1.165, 1.54) is 6.26 Å². The molecule has 0 bridgehead atoms. The first kappa shape index (κ1) is 15.5. The van der Waals surface area contributed by atoms with E-state index >= 15 is 0 Å². The molecule has 106 valence electrons. The standard InChI is InChI=1S/C12H18N2O4S/c1-19(16,17)7-6-14-8-10-2-4-11(5-3-10)18-9-12(13)15/h2-5,14H,6-9H2,1H3,(H2,13,15). The maximum Gasteiger partial charge on any atom is 0.255 e. The molecule has 0 aromatic heterocycles. The van der Waals surface area contributed by atoms with Gasteiger partial charge in [0.1, 0.15) is 15.6 Å². The van der Waals surface area contributed by atoms with E-state index in [1.807, 2.05) is 12.1 Å². The zero-order valence-electron chi connectivity index (χ0n) is 10.8. The van der Waals surface area contributed by atoms with Crippen LogP contribution in [-0.4, -0.2) is 39.5 Å². The molecular formula is C12H18N2O4S. The fourth-order valence-corrected chi connectivity index (χ4v) is 1.86. The molecule has 19 heavy (non-hydrogen) atoms. The first-order valence-corrected chi connectivity index (χ1v) is 7.81. The Hall–Kier alpha value is -1.60. The Kier molecular flexibility index (Phi) is 5.78. The van der Waals surface area contributed by atoms with Crippen LogP contribution >= 0.6 is 0 Å². The van der Waals surface area contributed by atoms with Gasteiger partial charge in [0.2, 0.25) is 0 Å². The van der Waals surface area contributed by atoms with Crippen LogP contribution in [0.4, 0.5) is 0 Å². The van der Waals surface area contributed by atoms with Crippen LogP contribution < -0.4 is 15.8 Å². The van der Waals surface area contributed by atoms with Crippen molar-refractivity contribution in [3.63, 3.8) is 0 Å². The number of hydrogen-bond acceptors (Lipinski definition) is 5. The summed E-state index contributed by atoms with van der Waals surface area (Å²) in [5.74, 6) is 0.164. The lowest BCUT2D eigenvalue weighted by atomic mass is 10.2. The first-order chi connectivity index (χ1) is 8.87. The number of nitrogens with two attached hydrogens (primary N) is 1. The SMILES string of the molecule is CS(=O)(=O)CCNCc1ccc(OCC(N)=O)cc1. The Morgan fingerprint density at radius 2 is 1.95 bits per heavy atom. The molecule has 0 aliphatic rings. The van der Waals surface area contributed by atoms with Crippen LogP contribution in [0.1, 0.15) is 5.56 Å². The van der Waals surface area contributed by atoms with Crippen LogP contribution in [0, 0.1) is 0 Å². The molecule has 0 heterocycles. The number of benzene rings is 1. The molecule has 7 heteroatoms. The minimum absolute atomic E-state index is 0.118. The van der Waals surface area contributed by atoms with Gasteiger partial charge in [-0.15, -0.1) is 0 Å². The highest BCUT2D eigenvalue weighted by Crippen LogP contribution is 2.11. The summed E-state index contributed by atoms with van der Waals surface area (Å²) in [6.45, 7) is 0.844. The monoisotopic (exact) mass is 286 g/mol. The topological polar surface area (TPSA) is 98.5 Å². The van der Waals surface area contributed by atoms with E-state index in [1.54, 1.807) is 12.1 Å². The summed E-state index contributed by atoms with van der Waals surface area (Å²) < 4.78 is 27.0. The van der Waals surface area contributed by atoms with Gasteiger partial charge in [0.25, 0.3) is 5.91 Å². The van der Waals surface area contributed by atoms with E-state index in [0.29, 0.717) is 18.8 Å². The van der Waals surface area contributed by atoms with Crippen LogP contribution in [0.15, 0.2) is 24.3 Å². The molecular weight excluding hydrogens is 268 g/mol. The summed E-state index contributed by atoms with van der Waals surface area (Å²) in [4.78, 5) is 10.5. The molecule has 0 atom stereocenters. The second kappa shape index (κ2) is 7.10. The van der Waals surface area contributed by atoms with Gasteiger partial charge < -0.3 is 15.8 Å². The highest BCUT2D eigenvalue weighted by atomic mass is 32.2. The number of ether oxygens (including phenoxy) is 1. The maximum absolute atomic E-state index is 10.9. The van der Waals surface area contributed by atoms with Gasteiger partial charge in [-0.05, 0) is 17.7 Å². The van der Waals surface area contributed by atoms with Crippen LogP contribution in [-0.2, 0) is 21.2 Å². The Bertz CT molecular complexity index is 511. The fourth-order valence-electron chi connectivity index (χ4n) is 1.35. The fraction of sp³-hybridized carbons (Fsp3) is 0.417. The minimum atomic E-state index is -2.93. The van der Waals surface area contributed by atoms with Crippen molar-refractivity contribution in [2.24, 2.45) is 5.73 Å². The molecule has 0 saturated heterocycles. The molecule has 3 N–H and O–H groups in total. The number of nitrogens with one attached hydrogen (secondary N) is 1. The van der Waals surface area contributed by atoms with Crippen molar-refractivity contribution < 1.29 is 17.9 Å². The third kappa shape index (κ3) is 7.43. The Morgan fingerprint density at radius 1 is 1.32 bits per heavy atom. The van der Waals surface area contributed by atoms with Crippen molar-refractivity contribution in [3.8, 4) is 5.75 Å². The molecule has 1 rings (SSSR count). The van der Waals surface area contributed by atoms with Crippen molar-refractivity contribution in [2.75, 3.05) is 25.2 Å². The van der Waals surface area contributed by atoms with Gasteiger partial charge in [-0.2, -0.15) is 0 Å². The number of carbonyl (C=O) groups is 1. The van der Waals surface area contributed by atoms with E-state index < -0.39 is 15.7 Å². The Labute approximate surface area is 112 Å². The summed E-state index contributed by atoms with van der Waals surface area (Å²) in [7, 11) is -2.93. The number of carbonyl (C=O) groups excluding carboxylic acids is 1. The lowest BCUT2D eigenvalue weighted by Crippen LogP contribution is -2.22. The van der Waals surface area contributed by atoms with Crippen molar-refractivity contribution >= 4 is 15.7 Å². The molecule has 1 aromatic rings. The van der Waals surface area contributed by atoms with Gasteiger partial charge in [0.15, 0.2) is 6.61 Å². The zero-order chi connectivity index (χ0) is 14.3. The van der Waals surface area contributed by atoms with E-state index in [9.17, 15) is 13.2 Å². The molecule has 0 fully saturated rings. The molecule has 0 spiro atoms. The predicted octanol–water partition coefficient (Wildman–Crippen LogP) is -0.315. The predicted molar refractivity (Wildman–Crippen MR) is 72.5 cm³/mol. The molecule has 6 nitrogen and oxygen atoms in total. The van der Waals surface area contributed by atoms with E-state index in [-0.39, 0.29) is 12.4 Å². The number of sulfone groups is 1. The van der Waals surface area contributed by atoms with Crippen LogP contribution in [0.3, 0.4) is 0 Å². The normalized spacial score (nSPS) is 11.2. The second-order valence-corrected chi connectivity index (χ2v) is 6.47. The van der Waals surface area contributed by atoms with Gasteiger partial charge in [-0.25, -0.2) is 8.42 Å². The highest BCUT2D eigenvalue weighted by molar-refractivity contribution is 7.90. The Balaban J connectivity index is 2.34. The number of primary amides is 1. The largest absolute Gasteiger partial charge is 0.484 e. The summed E-state index contributed by atoms with van der Waals surface area (Å²) in [5, 5.41) is 3.03. The van der Waals surface area contributed by atoms with Gasteiger partial charge in [0.05, 0.1) is 5.75 Å². The number of amides is 1. The Morgan fingerprint density at radius 3 is 2.47 bits per heavy atom. The zero-order valence-corrected chi connectivity index (χ0v) is 11.6. The highest BCUT2D eigenvalue weighted by Gasteiger charge is 2.01. The summed E-state index contributed by atoms with van der Waals surface area (Å²) in [5.41, 5.74) is 5.96. The number of hydrogen-bond donors (Lipinski definition) is 2. The quantitative estimate of drug-likeness (QED) is 0.638. The second-order valence-electron chi connectivity index (χ2n) is 4.21. The maximum atomic E-state index is 10.9. The average molecular weight is 286 g/mol.